The zero-order valence-corrected chi connectivity index (χ0v) is 15.5. The molecular weight excluding hydrogens is 454 g/mol. The van der Waals surface area contributed by atoms with E-state index in [0.717, 1.165) is 18.2 Å². The van der Waals surface area contributed by atoms with Crippen molar-refractivity contribution in [1.82, 2.24) is 0 Å². The molecule has 0 saturated heterocycles. The van der Waals surface area contributed by atoms with Crippen LogP contribution in [0.15, 0.2) is 43.0 Å². The Labute approximate surface area is 160 Å². The van der Waals surface area contributed by atoms with Gasteiger partial charge in [0.1, 0.15) is 5.75 Å². The molecule has 29 heavy (non-hydrogen) atoms. The molecule has 0 saturated carbocycles. The van der Waals surface area contributed by atoms with E-state index in [4.69, 9.17) is 4.55 Å². The SMILES string of the molecule is C=Cc1ccc2cc(OS(=O)(=O)C(F)(F)C(F)(F)C(F)(F)S(=O)(=O)O)ccc2c1. The maximum Gasteiger partial charge on any atom is 0.450 e. The van der Waals surface area contributed by atoms with Crippen LogP contribution in [0, 0.1) is 0 Å². The summed E-state index contributed by atoms with van der Waals surface area (Å²) >= 11 is 0. The summed E-state index contributed by atoms with van der Waals surface area (Å²) in [5.41, 5.74) is 0.636. The zero-order chi connectivity index (χ0) is 22.5. The lowest BCUT2D eigenvalue weighted by Crippen LogP contribution is -2.61. The molecule has 0 bridgehead atoms. The van der Waals surface area contributed by atoms with Crippen molar-refractivity contribution in [1.29, 1.82) is 0 Å². The standard InChI is InChI=1S/C15H10F6O6S2/c1-2-9-3-4-11-8-12(6-5-10(11)7-9)27-29(25,26)15(20,21)13(16,17)14(18,19)28(22,23)24/h2-8H,1H2,(H,22,23,24). The van der Waals surface area contributed by atoms with E-state index in [1.165, 1.54) is 18.2 Å². The van der Waals surface area contributed by atoms with Gasteiger partial charge in [-0.05, 0) is 34.5 Å². The van der Waals surface area contributed by atoms with Crippen LogP contribution in [-0.4, -0.2) is 37.8 Å². The highest BCUT2D eigenvalue weighted by Gasteiger charge is 2.83. The van der Waals surface area contributed by atoms with E-state index in [-0.39, 0.29) is 5.39 Å². The fourth-order valence-corrected chi connectivity index (χ4v) is 3.51. The highest BCUT2D eigenvalue weighted by molar-refractivity contribution is 7.88. The lowest BCUT2D eigenvalue weighted by molar-refractivity contribution is -0.247. The largest absolute Gasteiger partial charge is 0.450 e. The molecule has 0 aromatic heterocycles. The van der Waals surface area contributed by atoms with Crippen molar-refractivity contribution in [2.24, 2.45) is 0 Å². The van der Waals surface area contributed by atoms with Crippen molar-refractivity contribution in [3.8, 4) is 5.75 Å². The van der Waals surface area contributed by atoms with Gasteiger partial charge in [0.25, 0.3) is 0 Å². The van der Waals surface area contributed by atoms with Crippen LogP contribution in [0.5, 0.6) is 5.75 Å². The van der Waals surface area contributed by atoms with Crippen LogP contribution in [-0.2, 0) is 20.2 Å². The van der Waals surface area contributed by atoms with Crippen LogP contribution in [0.4, 0.5) is 26.3 Å². The van der Waals surface area contributed by atoms with Gasteiger partial charge in [-0.1, -0.05) is 30.9 Å². The third kappa shape index (κ3) is 3.67. The average Bonchev–Trinajstić information content (AvgIpc) is 2.59. The van der Waals surface area contributed by atoms with E-state index in [2.05, 4.69) is 10.8 Å². The van der Waals surface area contributed by atoms with Crippen LogP contribution in [0.25, 0.3) is 16.8 Å². The predicted molar refractivity (Wildman–Crippen MR) is 90.0 cm³/mol. The minimum absolute atomic E-state index is 0.210. The number of benzene rings is 2. The van der Waals surface area contributed by atoms with Crippen molar-refractivity contribution in [3.05, 3.63) is 48.5 Å². The average molecular weight is 464 g/mol. The Morgan fingerprint density at radius 2 is 1.38 bits per heavy atom. The fraction of sp³-hybridized carbons (Fsp3) is 0.200. The van der Waals surface area contributed by atoms with E-state index in [1.54, 1.807) is 6.07 Å². The van der Waals surface area contributed by atoms with Gasteiger partial charge in [-0.3, -0.25) is 4.55 Å². The summed E-state index contributed by atoms with van der Waals surface area (Å²) in [5.74, 6) is -8.00. The van der Waals surface area contributed by atoms with E-state index in [9.17, 15) is 43.2 Å². The van der Waals surface area contributed by atoms with Gasteiger partial charge in [-0.15, -0.1) is 0 Å². The van der Waals surface area contributed by atoms with E-state index in [1.807, 2.05) is 0 Å². The monoisotopic (exact) mass is 464 g/mol. The first-order valence-corrected chi connectivity index (χ1v) is 10.0. The highest BCUT2D eigenvalue weighted by atomic mass is 32.2. The number of alkyl halides is 6. The summed E-state index contributed by atoms with van der Waals surface area (Å²) in [4.78, 5) is 0. The molecule has 0 radical (unpaired) electrons. The molecule has 0 spiro atoms. The van der Waals surface area contributed by atoms with E-state index >= 15 is 0 Å². The summed E-state index contributed by atoms with van der Waals surface area (Å²) in [6, 6.07) is 7.21. The minimum atomic E-state index is -7.10. The zero-order valence-electron chi connectivity index (χ0n) is 13.8. The first-order chi connectivity index (χ1) is 13.0. The maximum absolute atomic E-state index is 13.8. The van der Waals surface area contributed by atoms with Crippen LogP contribution < -0.4 is 4.18 Å². The minimum Gasteiger partial charge on any atom is -0.378 e. The van der Waals surface area contributed by atoms with Crippen molar-refractivity contribution in [2.45, 2.75) is 16.4 Å². The Hall–Kier alpha value is -2.32. The quantitative estimate of drug-likeness (QED) is 0.379. The van der Waals surface area contributed by atoms with Crippen LogP contribution in [0.3, 0.4) is 0 Å². The summed E-state index contributed by atoms with van der Waals surface area (Å²) in [5, 5.41) is -12.9. The normalized spacial score (nSPS) is 14.0. The summed E-state index contributed by atoms with van der Waals surface area (Å²) in [7, 11) is -14.0. The maximum atomic E-state index is 13.8. The van der Waals surface area contributed by atoms with Crippen molar-refractivity contribution >= 4 is 37.1 Å². The van der Waals surface area contributed by atoms with Gasteiger partial charge in [-0.25, -0.2) is 0 Å². The second-order valence-electron chi connectivity index (χ2n) is 5.59. The Balaban J connectivity index is 2.48. The molecular formula is C15H10F6O6S2. The van der Waals surface area contributed by atoms with Crippen molar-refractivity contribution in [2.75, 3.05) is 0 Å². The summed E-state index contributed by atoms with van der Waals surface area (Å²) in [6.45, 7) is 3.51. The lowest BCUT2D eigenvalue weighted by atomic mass is 10.1. The number of hydrogen-bond donors (Lipinski definition) is 1. The van der Waals surface area contributed by atoms with E-state index < -0.39 is 42.4 Å². The molecule has 14 heteroatoms. The molecule has 160 valence electrons. The number of fused-ring (bicyclic) bond motifs is 1. The molecule has 1 N–H and O–H groups in total. The van der Waals surface area contributed by atoms with Crippen LogP contribution >= 0.6 is 0 Å². The number of rotatable bonds is 7. The second kappa shape index (κ2) is 6.88. The van der Waals surface area contributed by atoms with Gasteiger partial charge in [0.2, 0.25) is 0 Å². The van der Waals surface area contributed by atoms with Crippen LogP contribution in [0.2, 0.25) is 0 Å². The molecule has 0 unspecified atom stereocenters. The smallest absolute Gasteiger partial charge is 0.378 e. The molecule has 2 rings (SSSR count). The van der Waals surface area contributed by atoms with Gasteiger partial charge < -0.3 is 4.18 Å². The Morgan fingerprint density at radius 3 is 1.90 bits per heavy atom. The van der Waals surface area contributed by atoms with Gasteiger partial charge in [0.15, 0.2) is 0 Å². The first kappa shape index (κ1) is 23.0. The van der Waals surface area contributed by atoms with Gasteiger partial charge >= 0.3 is 36.7 Å². The van der Waals surface area contributed by atoms with Crippen molar-refractivity contribution in [3.63, 3.8) is 0 Å². The first-order valence-electron chi connectivity index (χ1n) is 7.19. The van der Waals surface area contributed by atoms with Gasteiger partial charge in [0, 0.05) is 0 Å². The molecule has 0 aliphatic rings. The second-order valence-corrected chi connectivity index (χ2v) is 8.64. The predicted octanol–water partition coefficient (Wildman–Crippen LogP) is 3.90. The van der Waals surface area contributed by atoms with Crippen molar-refractivity contribution < 1.29 is 51.9 Å². The third-order valence-electron chi connectivity index (χ3n) is 3.65. The van der Waals surface area contributed by atoms with Crippen LogP contribution in [0.1, 0.15) is 5.56 Å². The topological polar surface area (TPSA) is 97.7 Å². The highest BCUT2D eigenvalue weighted by Crippen LogP contribution is 2.51. The molecule has 0 aliphatic carbocycles. The molecule has 0 amide bonds. The molecule has 0 atom stereocenters. The number of halogens is 6. The molecule has 2 aromatic rings. The summed E-state index contributed by atoms with van der Waals surface area (Å²) in [6.07, 6.45) is 1.46. The molecule has 0 heterocycles. The van der Waals surface area contributed by atoms with Gasteiger partial charge in [-0.2, -0.15) is 43.2 Å². The van der Waals surface area contributed by atoms with E-state index in [0.29, 0.717) is 10.9 Å². The number of hydrogen-bond acceptors (Lipinski definition) is 5. The molecule has 0 fully saturated rings. The van der Waals surface area contributed by atoms with Gasteiger partial charge in [0.05, 0.1) is 0 Å². The molecule has 6 nitrogen and oxygen atoms in total. The Kier molecular flexibility index (Phi) is 5.45. The molecule has 2 aromatic carbocycles. The Bertz CT molecular complexity index is 1180. The third-order valence-corrected chi connectivity index (χ3v) is 5.85. The summed E-state index contributed by atoms with van der Waals surface area (Å²) < 4.78 is 137. The fourth-order valence-electron chi connectivity index (χ4n) is 2.09. The molecule has 0 aliphatic heterocycles. The Morgan fingerprint density at radius 1 is 0.862 bits per heavy atom. The lowest BCUT2D eigenvalue weighted by Gasteiger charge is -2.29.